The van der Waals surface area contributed by atoms with Crippen LogP contribution in [0.5, 0.6) is 0 Å². The minimum Gasteiger partial charge on any atom is -0.540 e. The van der Waals surface area contributed by atoms with Gasteiger partial charge in [-0.05, 0) is 0 Å². The van der Waals surface area contributed by atoms with Gasteiger partial charge in [-0.2, -0.15) is 4.39 Å². The molecule has 0 aliphatic carbocycles. The summed E-state index contributed by atoms with van der Waals surface area (Å²) < 4.78 is 10.5. The van der Waals surface area contributed by atoms with Crippen molar-refractivity contribution in [1.82, 2.24) is 0 Å². The Bertz CT molecular complexity index is 78.9. The van der Waals surface area contributed by atoms with Gasteiger partial charge in [0.25, 0.3) is 0 Å². The first kappa shape index (κ1) is 10.6. The van der Waals surface area contributed by atoms with Crippen molar-refractivity contribution in [2.45, 2.75) is 0 Å². The van der Waals surface area contributed by atoms with E-state index in [1.165, 1.54) is 0 Å². The van der Waals surface area contributed by atoms with E-state index < -0.39 is 12.0 Å². The molecule has 0 aromatic heterocycles. The fourth-order valence-corrected chi connectivity index (χ4v) is 0. The Kier molecular flexibility index (Phi) is 7.38. The van der Waals surface area contributed by atoms with Gasteiger partial charge < -0.3 is 9.90 Å². The van der Waals surface area contributed by atoms with Crippen LogP contribution < -0.4 is 56.5 Å². The third kappa shape index (κ3) is 6.71. The molecule has 0 aliphatic rings. The van der Waals surface area contributed by atoms with Gasteiger partial charge in [0.2, 0.25) is 0 Å². The third-order valence-corrected chi connectivity index (χ3v) is 0.160. The molecule has 3 nitrogen and oxygen atoms in total. The summed E-state index contributed by atoms with van der Waals surface area (Å²) in [6.45, 7) is 0. The van der Waals surface area contributed by atoms with Crippen LogP contribution in [0.15, 0.2) is 0 Å². The van der Waals surface area contributed by atoms with E-state index in [0.717, 1.165) is 0 Å². The first-order chi connectivity index (χ1) is 2.64. The van der Waals surface area contributed by atoms with E-state index in [1.807, 2.05) is 0 Å². The van der Waals surface area contributed by atoms with Crippen molar-refractivity contribution in [3.05, 3.63) is 0 Å². The van der Waals surface area contributed by atoms with Crippen LogP contribution in [0.1, 0.15) is 0 Å². The Morgan fingerprint density at radius 1 is 1.43 bits per heavy atom. The summed E-state index contributed by atoms with van der Waals surface area (Å²) in [7, 11) is 0. The first-order valence-electron chi connectivity index (χ1n) is 1.05. The second kappa shape index (κ2) is 4.86. The minimum absolute atomic E-state index is 0. The predicted molar refractivity (Wildman–Crippen MR) is 11.1 cm³/mol. The zero-order chi connectivity index (χ0) is 5.15. The molecule has 0 unspecified atom stereocenters. The maximum absolute atomic E-state index is 10.5. The molecule has 0 saturated carbocycles. The van der Waals surface area contributed by atoms with Crippen molar-refractivity contribution in [3.8, 4) is 0 Å². The van der Waals surface area contributed by atoms with Crippen LogP contribution in [0.4, 0.5) is 4.39 Å². The number of carboxylic acid groups (broad SMARTS) is 1. The van der Waals surface area contributed by atoms with Crippen molar-refractivity contribution >= 4 is 12.0 Å². The Balaban J connectivity index is 0. The molecule has 0 spiro atoms. The molecule has 0 rings (SSSR count). The number of aliphatic carboxylic acids is 1. The summed E-state index contributed by atoms with van der Waals surface area (Å²) in [5, 5.41) is 8.86. The van der Waals surface area contributed by atoms with Gasteiger partial charge in [0.1, 0.15) is 5.97 Å². The van der Waals surface area contributed by atoms with Gasteiger partial charge >= 0.3 is 57.4 Å². The maximum atomic E-state index is 10.5. The molecule has 0 fully saturated rings. The molecule has 0 atom stereocenters. The van der Waals surface area contributed by atoms with Gasteiger partial charge in [-0.25, -0.2) is 0 Å². The number of carbonyl (C=O) groups excluding carboxylic acids is 2. The predicted octanol–water partition coefficient (Wildman–Crippen LogP) is -4.76. The van der Waals surface area contributed by atoms with Gasteiger partial charge in [0.05, 0.1) is 0 Å². The molecule has 0 aliphatic heterocycles. The number of hydrogen-bond donors (Lipinski definition) is 0. The molecule has 0 bridgehead atoms. The molecule has 0 radical (unpaired) electrons. The molecule has 5 heteroatoms. The molecule has 0 heterocycles. The normalized spacial score (nSPS) is 6.43. The number of hydrogen-bond acceptors (Lipinski definition) is 3. The van der Waals surface area contributed by atoms with E-state index >= 15 is 0 Å². The zero-order valence-corrected chi connectivity index (χ0v) is 6.73. The van der Waals surface area contributed by atoms with Crippen molar-refractivity contribution < 1.29 is 70.5 Å². The molecule has 0 aromatic carbocycles. The quantitative estimate of drug-likeness (QED) is 0.203. The zero-order valence-electron chi connectivity index (χ0n) is 3.60. The fourth-order valence-electron chi connectivity index (χ4n) is 0. The molecule has 0 amide bonds. The van der Waals surface area contributed by atoms with Crippen molar-refractivity contribution in [2.75, 3.05) is 0 Å². The second-order valence-electron chi connectivity index (χ2n) is 0.561. The topological polar surface area (TPSA) is 57.2 Å². The van der Waals surface area contributed by atoms with E-state index in [0.29, 0.717) is 0 Å². The van der Waals surface area contributed by atoms with E-state index in [4.69, 9.17) is 14.7 Å². The monoisotopic (exact) mass is 130 g/mol. The van der Waals surface area contributed by atoms with Gasteiger partial charge in [-0.3, -0.25) is 4.79 Å². The Morgan fingerprint density at radius 2 is 1.57 bits per heavy atom. The van der Waals surface area contributed by atoms with E-state index in [1.54, 1.807) is 0 Å². The summed E-state index contributed by atoms with van der Waals surface area (Å²) in [5.41, 5.74) is 0. The number of rotatable bonds is 1. The van der Waals surface area contributed by atoms with Crippen LogP contribution >= 0.6 is 0 Å². The smallest absolute Gasteiger partial charge is 0.540 e. The van der Waals surface area contributed by atoms with Gasteiger partial charge in [-0.1, -0.05) is 0 Å². The minimum atomic E-state index is -2.44. The molecule has 0 N–H and O–H groups in total. The summed E-state index contributed by atoms with van der Waals surface area (Å²) >= 11 is 0. The maximum Gasteiger partial charge on any atom is 1.00 e. The van der Waals surface area contributed by atoms with Crippen LogP contribution in [-0.4, -0.2) is 12.0 Å². The molecule has 34 valence electrons. The van der Waals surface area contributed by atoms with Crippen molar-refractivity contribution in [2.24, 2.45) is 0 Å². The van der Waals surface area contributed by atoms with Crippen LogP contribution in [0.2, 0.25) is 0 Å². The van der Waals surface area contributed by atoms with Crippen LogP contribution in [0.3, 0.4) is 0 Å². The van der Waals surface area contributed by atoms with E-state index in [-0.39, 0.29) is 51.4 Å². The third-order valence-electron chi connectivity index (χ3n) is 0.160. The largest absolute Gasteiger partial charge is 1.00 e. The Labute approximate surface area is 81.3 Å². The Hall–Kier alpha value is 0.706. The number of halogens is 1. The summed E-state index contributed by atoms with van der Waals surface area (Å²) in [6.07, 6.45) is 0. The summed E-state index contributed by atoms with van der Waals surface area (Å²) in [4.78, 5) is 17.7. The molecule has 0 aromatic rings. The molecular weight excluding hydrogens is 130 g/mol. The van der Waals surface area contributed by atoms with Crippen LogP contribution in [0, 0.1) is 0 Å². The van der Waals surface area contributed by atoms with E-state index in [9.17, 15) is 4.39 Å². The standard InChI is InChI=1S/C2HFO3.K/c3-1(4)2(5)6;/h(H,5,6);/q;+1/p-1. The molecular formula is C2FKO3. The van der Waals surface area contributed by atoms with Crippen molar-refractivity contribution in [1.29, 1.82) is 0 Å². The van der Waals surface area contributed by atoms with Gasteiger partial charge in [0, 0.05) is 0 Å². The molecule has 7 heavy (non-hydrogen) atoms. The van der Waals surface area contributed by atoms with Gasteiger partial charge in [0.15, 0.2) is 0 Å². The van der Waals surface area contributed by atoms with Crippen LogP contribution in [-0.2, 0) is 9.59 Å². The second-order valence-corrected chi connectivity index (χ2v) is 0.561. The summed E-state index contributed by atoms with van der Waals surface area (Å²) in [6, 6.07) is -2.44. The average Bonchev–Trinajstić information content (AvgIpc) is 1.36. The van der Waals surface area contributed by atoms with E-state index in [2.05, 4.69) is 0 Å². The SMILES string of the molecule is O=C([O-])C(=O)F.[K+]. The fraction of sp³-hybridized carbons (Fsp3) is 0. The van der Waals surface area contributed by atoms with Crippen LogP contribution in [0.25, 0.3) is 0 Å². The Morgan fingerprint density at radius 3 is 1.57 bits per heavy atom. The first-order valence-corrected chi connectivity index (χ1v) is 1.05. The summed E-state index contributed by atoms with van der Waals surface area (Å²) in [5.74, 6) is -2.30. The van der Waals surface area contributed by atoms with Crippen molar-refractivity contribution in [3.63, 3.8) is 0 Å². The number of carboxylic acids is 1. The van der Waals surface area contributed by atoms with Gasteiger partial charge in [-0.15, -0.1) is 0 Å². The average molecular weight is 130 g/mol. The molecule has 0 saturated heterocycles. The number of carbonyl (C=O) groups is 2.